The Kier molecular flexibility index (Phi) is 7.29. The van der Waals surface area contributed by atoms with Gasteiger partial charge < -0.3 is 15.1 Å². The number of fused-ring (bicyclic) bond motifs is 2. The minimum atomic E-state index is -4.04. The van der Waals surface area contributed by atoms with Gasteiger partial charge in [-0.05, 0) is 66.8 Å². The van der Waals surface area contributed by atoms with Gasteiger partial charge in [0.25, 0.3) is 10.0 Å². The summed E-state index contributed by atoms with van der Waals surface area (Å²) in [6, 6.07) is 16.7. The second kappa shape index (κ2) is 10.7. The van der Waals surface area contributed by atoms with E-state index in [-0.39, 0.29) is 28.0 Å². The van der Waals surface area contributed by atoms with Crippen LogP contribution in [0.3, 0.4) is 0 Å². The maximum absolute atomic E-state index is 13.7. The summed E-state index contributed by atoms with van der Waals surface area (Å²) >= 11 is 0. The molecule has 0 aliphatic carbocycles. The van der Waals surface area contributed by atoms with Crippen LogP contribution in [0.5, 0.6) is 11.5 Å². The molecule has 206 valence electrons. The number of nitrogens with zero attached hydrogens (tertiary/aromatic N) is 1. The van der Waals surface area contributed by atoms with Crippen molar-refractivity contribution < 1.29 is 23.4 Å². The molecule has 0 unspecified atom stereocenters. The highest BCUT2D eigenvalue weighted by Gasteiger charge is 2.27. The number of nitrogens with one attached hydrogen (secondary N) is 1. The van der Waals surface area contributed by atoms with Gasteiger partial charge in [-0.1, -0.05) is 56.3 Å². The Morgan fingerprint density at radius 3 is 2.50 bits per heavy atom. The van der Waals surface area contributed by atoms with Crippen molar-refractivity contribution in [2.24, 2.45) is 0 Å². The monoisotopic (exact) mass is 556 g/mol. The minimum absolute atomic E-state index is 0.00290. The van der Waals surface area contributed by atoms with Gasteiger partial charge in [0.2, 0.25) is 5.91 Å². The number of benzene rings is 4. The first-order chi connectivity index (χ1) is 19.2. The molecule has 0 saturated heterocycles. The SMILES string of the molecule is CC/C=C\c1c(C)ccc(O)c1-c1cc(NS(=O)(=O)c2ccc3c(c2)CCN3C(=O)CC)c2ccccc2c1O. The van der Waals surface area contributed by atoms with Crippen LogP contribution in [-0.4, -0.2) is 31.1 Å². The van der Waals surface area contributed by atoms with Crippen molar-refractivity contribution in [3.05, 3.63) is 83.4 Å². The van der Waals surface area contributed by atoms with Crippen molar-refractivity contribution in [3.63, 3.8) is 0 Å². The molecule has 0 aromatic heterocycles. The first-order valence-electron chi connectivity index (χ1n) is 13.4. The Hall–Kier alpha value is -4.30. The molecule has 1 heterocycles. The highest BCUT2D eigenvalue weighted by Crippen LogP contribution is 2.46. The van der Waals surface area contributed by atoms with E-state index < -0.39 is 10.0 Å². The molecule has 8 heteroatoms. The molecule has 0 atom stereocenters. The number of carbonyl (C=O) groups excluding carboxylic acids is 1. The summed E-state index contributed by atoms with van der Waals surface area (Å²) in [5.74, 6) is -0.0718. The fraction of sp³-hybridized carbons (Fsp3) is 0.219. The van der Waals surface area contributed by atoms with Crippen LogP contribution >= 0.6 is 0 Å². The van der Waals surface area contributed by atoms with Gasteiger partial charge >= 0.3 is 0 Å². The fourth-order valence-corrected chi connectivity index (χ4v) is 6.40. The molecule has 4 aromatic carbocycles. The largest absolute Gasteiger partial charge is 0.507 e. The van der Waals surface area contributed by atoms with Gasteiger partial charge in [0.15, 0.2) is 0 Å². The fourth-order valence-electron chi connectivity index (χ4n) is 5.28. The van der Waals surface area contributed by atoms with Gasteiger partial charge in [-0.15, -0.1) is 0 Å². The van der Waals surface area contributed by atoms with Gasteiger partial charge in [0, 0.05) is 40.6 Å². The zero-order valence-electron chi connectivity index (χ0n) is 22.7. The zero-order chi connectivity index (χ0) is 28.6. The number of anilines is 2. The van der Waals surface area contributed by atoms with Crippen LogP contribution < -0.4 is 9.62 Å². The lowest BCUT2D eigenvalue weighted by Gasteiger charge is -2.19. The molecule has 5 rings (SSSR count). The predicted octanol–water partition coefficient (Wildman–Crippen LogP) is 6.75. The minimum Gasteiger partial charge on any atom is -0.507 e. The van der Waals surface area contributed by atoms with Gasteiger partial charge in [0.05, 0.1) is 10.6 Å². The van der Waals surface area contributed by atoms with Crippen molar-refractivity contribution in [2.75, 3.05) is 16.2 Å². The second-order valence-corrected chi connectivity index (χ2v) is 11.6. The average Bonchev–Trinajstić information content (AvgIpc) is 3.38. The first-order valence-corrected chi connectivity index (χ1v) is 14.8. The van der Waals surface area contributed by atoms with E-state index in [4.69, 9.17) is 0 Å². The van der Waals surface area contributed by atoms with E-state index in [9.17, 15) is 23.4 Å². The number of phenols is 2. The predicted molar refractivity (Wildman–Crippen MR) is 160 cm³/mol. The number of hydrogen-bond donors (Lipinski definition) is 3. The molecular formula is C32H32N2O5S. The van der Waals surface area contributed by atoms with Gasteiger partial charge in [-0.25, -0.2) is 8.42 Å². The highest BCUT2D eigenvalue weighted by atomic mass is 32.2. The smallest absolute Gasteiger partial charge is 0.261 e. The third-order valence-electron chi connectivity index (χ3n) is 7.35. The molecule has 7 nitrogen and oxygen atoms in total. The maximum Gasteiger partial charge on any atom is 0.261 e. The average molecular weight is 557 g/mol. The van der Waals surface area contributed by atoms with E-state index in [1.54, 1.807) is 66.4 Å². The third kappa shape index (κ3) is 4.79. The van der Waals surface area contributed by atoms with Crippen molar-refractivity contribution in [1.29, 1.82) is 0 Å². The van der Waals surface area contributed by atoms with Crippen molar-refractivity contribution >= 4 is 44.2 Å². The van der Waals surface area contributed by atoms with Gasteiger partial charge in [-0.3, -0.25) is 9.52 Å². The highest BCUT2D eigenvalue weighted by molar-refractivity contribution is 7.92. The van der Waals surface area contributed by atoms with E-state index in [0.29, 0.717) is 41.3 Å². The molecule has 1 aliphatic rings. The second-order valence-electron chi connectivity index (χ2n) is 9.91. The van der Waals surface area contributed by atoms with Crippen molar-refractivity contribution in [3.8, 4) is 22.6 Å². The van der Waals surface area contributed by atoms with Crippen LogP contribution in [0.1, 0.15) is 43.4 Å². The summed E-state index contributed by atoms with van der Waals surface area (Å²) in [6.45, 7) is 6.26. The Morgan fingerprint density at radius 2 is 1.77 bits per heavy atom. The number of hydrogen-bond acceptors (Lipinski definition) is 5. The van der Waals surface area contributed by atoms with Crippen molar-refractivity contribution in [1.82, 2.24) is 0 Å². The number of aromatic hydroxyl groups is 2. The normalized spacial score (nSPS) is 13.2. The molecule has 4 aromatic rings. The number of allylic oxidation sites excluding steroid dienone is 1. The van der Waals surface area contributed by atoms with Crippen LogP contribution in [0.25, 0.3) is 28.0 Å². The summed E-state index contributed by atoms with van der Waals surface area (Å²) < 4.78 is 30.1. The van der Waals surface area contributed by atoms with E-state index in [1.165, 1.54) is 6.07 Å². The Labute approximate surface area is 234 Å². The molecule has 0 saturated carbocycles. The standard InChI is InChI=1S/C32H32N2O5S/c1-4-6-9-23-20(3)12-15-29(35)31(23)26-19-27(24-10-7-8-11-25(24)32(26)37)33-40(38,39)22-13-14-28-21(18-22)16-17-34(28)30(36)5-2/h6-15,18-19,33,35,37H,4-5,16-17H2,1-3H3/b9-6-. The number of amides is 1. The summed E-state index contributed by atoms with van der Waals surface area (Å²) in [5.41, 5.74) is 4.20. The summed E-state index contributed by atoms with van der Waals surface area (Å²) in [6.07, 6.45) is 5.62. The van der Waals surface area contributed by atoms with E-state index >= 15 is 0 Å². The lowest BCUT2D eigenvalue weighted by atomic mass is 9.91. The number of aryl methyl sites for hydroxylation is 1. The van der Waals surface area contributed by atoms with Crippen LogP contribution in [0.2, 0.25) is 0 Å². The molecule has 0 spiro atoms. The van der Waals surface area contributed by atoms with Gasteiger partial charge in [-0.2, -0.15) is 0 Å². The molecule has 40 heavy (non-hydrogen) atoms. The number of sulfonamides is 1. The molecule has 1 aliphatic heterocycles. The summed E-state index contributed by atoms with van der Waals surface area (Å²) in [5, 5.41) is 23.3. The Bertz CT molecular complexity index is 1780. The summed E-state index contributed by atoms with van der Waals surface area (Å²) in [4.78, 5) is 14.1. The molecule has 0 fully saturated rings. The molecule has 0 bridgehead atoms. The van der Waals surface area contributed by atoms with E-state index in [2.05, 4.69) is 4.72 Å². The van der Waals surface area contributed by atoms with E-state index in [0.717, 1.165) is 28.8 Å². The molecule has 3 N–H and O–H groups in total. The summed E-state index contributed by atoms with van der Waals surface area (Å²) in [7, 11) is -4.04. The Morgan fingerprint density at radius 1 is 1.02 bits per heavy atom. The van der Waals surface area contributed by atoms with Crippen LogP contribution in [0.4, 0.5) is 11.4 Å². The molecule has 0 radical (unpaired) electrons. The number of phenolic OH excluding ortho intramolecular Hbond substituents is 2. The van der Waals surface area contributed by atoms with Crippen molar-refractivity contribution in [2.45, 2.75) is 44.9 Å². The number of rotatable bonds is 7. The lowest BCUT2D eigenvalue weighted by Crippen LogP contribution is -2.27. The maximum atomic E-state index is 13.7. The molecular weight excluding hydrogens is 524 g/mol. The van der Waals surface area contributed by atoms with E-state index in [1.807, 2.05) is 26.0 Å². The molecule has 1 amide bonds. The third-order valence-corrected chi connectivity index (χ3v) is 8.72. The van der Waals surface area contributed by atoms with Crippen LogP contribution in [-0.2, 0) is 21.2 Å². The quantitative estimate of drug-likeness (QED) is 0.218. The lowest BCUT2D eigenvalue weighted by molar-refractivity contribution is -0.118. The Balaban J connectivity index is 1.64. The number of carbonyl (C=O) groups is 1. The van der Waals surface area contributed by atoms with Crippen LogP contribution in [0, 0.1) is 6.92 Å². The van der Waals surface area contributed by atoms with Gasteiger partial charge in [0.1, 0.15) is 11.5 Å². The van der Waals surface area contributed by atoms with Crippen LogP contribution in [0.15, 0.2) is 71.6 Å². The zero-order valence-corrected chi connectivity index (χ0v) is 23.5. The first kappa shape index (κ1) is 27.3. The topological polar surface area (TPSA) is 107 Å².